The molecule has 3 fully saturated rings. The smallest absolute Gasteiger partial charge is 0.200 e. The van der Waals surface area contributed by atoms with Crippen LogP contribution in [0.15, 0.2) is 91.0 Å². The third-order valence-electron chi connectivity index (χ3n) is 13.2. The van der Waals surface area contributed by atoms with Crippen LogP contribution in [0.3, 0.4) is 0 Å². The molecule has 0 saturated carbocycles. The van der Waals surface area contributed by atoms with Crippen molar-refractivity contribution < 1.29 is 32.8 Å². The van der Waals surface area contributed by atoms with Gasteiger partial charge in [0.25, 0.3) is 0 Å². The number of fused-ring (bicyclic) bond motifs is 2. The van der Waals surface area contributed by atoms with Gasteiger partial charge in [0.05, 0.1) is 56.9 Å². The third kappa shape index (κ3) is 10.5. The molecule has 0 unspecified atom stereocenters. The predicted molar refractivity (Wildman–Crippen MR) is 238 cm³/mol. The zero-order valence-corrected chi connectivity index (χ0v) is 38.6. The van der Waals surface area contributed by atoms with Gasteiger partial charge in [0.2, 0.25) is 0 Å². The number of rotatable bonds is 19. The lowest BCUT2D eigenvalue weighted by molar-refractivity contribution is -0.301. The van der Waals surface area contributed by atoms with Gasteiger partial charge in [0.1, 0.15) is 16.6 Å². The first-order valence-corrected chi connectivity index (χ1v) is 25.2. The van der Waals surface area contributed by atoms with Crippen molar-refractivity contribution in [1.29, 1.82) is 0 Å². The minimum absolute atomic E-state index is 0.0510. The second-order valence-corrected chi connectivity index (χ2v) is 25.1. The van der Waals surface area contributed by atoms with Crippen LogP contribution in [0.5, 0.6) is 0 Å². The van der Waals surface area contributed by atoms with Gasteiger partial charge in [-0.05, 0) is 65.3 Å². The molecule has 6 rings (SSSR count). The summed E-state index contributed by atoms with van der Waals surface area (Å²) in [5.41, 5.74) is 4.14. The molecule has 0 N–H and O–H groups in total. The van der Waals surface area contributed by atoms with Crippen LogP contribution in [0, 0.1) is 5.92 Å². The van der Waals surface area contributed by atoms with Crippen LogP contribution in [0.2, 0.25) is 16.6 Å². The number of thioether (sulfide) groups is 1. The van der Waals surface area contributed by atoms with E-state index >= 15 is 0 Å². The summed E-state index contributed by atoms with van der Waals surface area (Å²) in [7, 11) is -2.22. The lowest BCUT2D eigenvalue weighted by atomic mass is 9.82. The molecule has 0 aromatic heterocycles. The standard InChI is InChI=1S/C49H72O7SSi/c1-10-57-49-28-26-44(51-32-40-22-16-12-17-23-40)48(9,34-53-58(35(2)3,36(4)5)37(6)7)55-45(49)30-43-47(56-49)46(52-33-41-24-18-13-19-25-41)38(8)42(54-43)27-29-50-31-39-20-14-11-15-21-39/h11-25,35-38,42-47H,10,26-34H2,1-9H3/t38-,42+,43-,44+,45+,46+,47-,48-,49+/m1/s1. The summed E-state index contributed by atoms with van der Waals surface area (Å²) < 4.78 is 49.8. The minimum Gasteiger partial charge on any atom is -0.413 e. The van der Waals surface area contributed by atoms with E-state index in [1.54, 1.807) is 0 Å². The maximum absolute atomic E-state index is 7.60. The van der Waals surface area contributed by atoms with E-state index in [1.165, 1.54) is 5.56 Å². The van der Waals surface area contributed by atoms with E-state index in [0.29, 0.717) is 56.1 Å². The molecule has 3 aliphatic rings. The van der Waals surface area contributed by atoms with Gasteiger partial charge in [-0.3, -0.25) is 0 Å². The Morgan fingerprint density at radius 1 is 0.759 bits per heavy atom. The highest BCUT2D eigenvalue weighted by Crippen LogP contribution is 2.53. The Bertz CT molecular complexity index is 1620. The second kappa shape index (κ2) is 20.7. The second-order valence-electron chi connectivity index (χ2n) is 18.1. The fourth-order valence-corrected chi connectivity index (χ4v) is 17.0. The van der Waals surface area contributed by atoms with E-state index in [0.717, 1.165) is 36.1 Å². The number of ether oxygens (including phenoxy) is 6. The molecular weight excluding hydrogens is 761 g/mol. The van der Waals surface area contributed by atoms with E-state index in [-0.39, 0.29) is 42.5 Å². The molecule has 320 valence electrons. The van der Waals surface area contributed by atoms with Crippen molar-refractivity contribution in [2.75, 3.05) is 19.0 Å². The summed E-state index contributed by atoms with van der Waals surface area (Å²) in [5, 5.41) is 0. The Labute approximate surface area is 355 Å². The minimum atomic E-state index is -2.22. The van der Waals surface area contributed by atoms with E-state index in [1.807, 2.05) is 17.8 Å². The number of hydrogen-bond acceptors (Lipinski definition) is 8. The van der Waals surface area contributed by atoms with Gasteiger partial charge in [-0.1, -0.05) is 146 Å². The Hall–Kier alpha value is -2.05. The molecular formula is C49H72O7SSi. The quantitative estimate of drug-likeness (QED) is 0.0874. The van der Waals surface area contributed by atoms with Crippen molar-refractivity contribution in [2.45, 2.75) is 172 Å². The van der Waals surface area contributed by atoms with Gasteiger partial charge in [0.15, 0.2) is 8.32 Å². The predicted octanol–water partition coefficient (Wildman–Crippen LogP) is 11.5. The van der Waals surface area contributed by atoms with Crippen molar-refractivity contribution in [3.05, 3.63) is 108 Å². The van der Waals surface area contributed by atoms with Gasteiger partial charge >= 0.3 is 0 Å². The highest BCUT2D eigenvalue weighted by molar-refractivity contribution is 8.00. The molecule has 9 atom stereocenters. The third-order valence-corrected chi connectivity index (χ3v) is 20.6. The van der Waals surface area contributed by atoms with Gasteiger partial charge in [-0.25, -0.2) is 0 Å². The van der Waals surface area contributed by atoms with E-state index in [2.05, 4.69) is 147 Å². The summed E-state index contributed by atoms with van der Waals surface area (Å²) in [4.78, 5) is -0.590. The van der Waals surface area contributed by atoms with Crippen LogP contribution in [0.1, 0.15) is 105 Å². The topological polar surface area (TPSA) is 64.6 Å². The molecule has 9 heteroatoms. The van der Waals surface area contributed by atoms with Crippen LogP contribution in [-0.2, 0) is 52.7 Å². The zero-order valence-electron chi connectivity index (χ0n) is 36.8. The fourth-order valence-electron chi connectivity index (χ4n) is 10.3. The van der Waals surface area contributed by atoms with Crippen LogP contribution in [0.25, 0.3) is 0 Å². The fraction of sp³-hybridized carbons (Fsp3) is 0.633. The van der Waals surface area contributed by atoms with Gasteiger partial charge in [-0.15, -0.1) is 11.8 Å². The molecule has 3 heterocycles. The summed E-state index contributed by atoms with van der Waals surface area (Å²) >= 11 is 1.88. The van der Waals surface area contributed by atoms with Crippen LogP contribution < -0.4 is 0 Å². The summed E-state index contributed by atoms with van der Waals surface area (Å²) in [5.74, 6) is 0.997. The molecule has 3 aromatic rings. The molecule has 3 saturated heterocycles. The Kier molecular flexibility index (Phi) is 16.2. The Morgan fingerprint density at radius 2 is 1.31 bits per heavy atom. The first-order chi connectivity index (χ1) is 27.9. The van der Waals surface area contributed by atoms with Gasteiger partial charge < -0.3 is 32.8 Å². The highest BCUT2D eigenvalue weighted by Gasteiger charge is 2.60. The summed E-state index contributed by atoms with van der Waals surface area (Å²) in [6, 6.07) is 31.3. The average molecular weight is 833 g/mol. The first kappa shape index (κ1) is 45.5. The number of hydrogen-bond donors (Lipinski definition) is 0. The largest absolute Gasteiger partial charge is 0.413 e. The highest BCUT2D eigenvalue weighted by atomic mass is 32.2. The Morgan fingerprint density at radius 3 is 1.86 bits per heavy atom. The molecule has 7 nitrogen and oxygen atoms in total. The molecule has 3 aliphatic heterocycles. The lowest BCUT2D eigenvalue weighted by Crippen LogP contribution is -2.65. The van der Waals surface area contributed by atoms with Crippen molar-refractivity contribution in [2.24, 2.45) is 5.92 Å². The maximum atomic E-state index is 7.60. The zero-order chi connectivity index (χ0) is 41.3. The van der Waals surface area contributed by atoms with Crippen LogP contribution in [0.4, 0.5) is 0 Å². The van der Waals surface area contributed by atoms with Crippen molar-refractivity contribution >= 4 is 20.1 Å². The first-order valence-electron chi connectivity index (χ1n) is 22.1. The molecule has 0 amide bonds. The molecule has 0 aliphatic carbocycles. The van der Waals surface area contributed by atoms with Crippen molar-refractivity contribution in [1.82, 2.24) is 0 Å². The van der Waals surface area contributed by atoms with Crippen LogP contribution in [-0.4, -0.2) is 74.4 Å². The lowest BCUT2D eigenvalue weighted by Gasteiger charge is -2.55. The summed E-state index contributed by atoms with van der Waals surface area (Å²) in [6.45, 7) is 23.5. The molecule has 0 bridgehead atoms. The molecule has 3 aromatic carbocycles. The molecule has 58 heavy (non-hydrogen) atoms. The van der Waals surface area contributed by atoms with Gasteiger partial charge in [0, 0.05) is 18.9 Å². The van der Waals surface area contributed by atoms with Gasteiger partial charge in [-0.2, -0.15) is 0 Å². The van der Waals surface area contributed by atoms with Crippen molar-refractivity contribution in [3.63, 3.8) is 0 Å². The van der Waals surface area contributed by atoms with E-state index in [9.17, 15) is 0 Å². The number of benzene rings is 3. The van der Waals surface area contributed by atoms with Crippen molar-refractivity contribution in [3.8, 4) is 0 Å². The SMILES string of the molecule is CCS[C@@]12CC[C@H](OCc3ccccc3)[C@@](C)(CO[Si](C(C)C)(C(C)C)C(C)C)O[C@H]1C[C@H]1O[C@@H](CCOCc3ccccc3)[C@@H](C)[C@H](OCc3ccccc3)[C@@H]1O2. The molecule has 0 spiro atoms. The molecule has 0 radical (unpaired) electrons. The Balaban J connectivity index is 1.29. The maximum Gasteiger partial charge on any atom is 0.200 e. The average Bonchev–Trinajstić information content (AvgIpc) is 3.32. The normalized spacial score (nSPS) is 30.3. The van der Waals surface area contributed by atoms with E-state index in [4.69, 9.17) is 32.8 Å². The monoisotopic (exact) mass is 832 g/mol. The van der Waals surface area contributed by atoms with E-state index < -0.39 is 18.9 Å². The summed E-state index contributed by atoms with van der Waals surface area (Å²) in [6.07, 6.45) is 1.98. The van der Waals surface area contributed by atoms with Crippen LogP contribution >= 0.6 is 11.8 Å².